The van der Waals surface area contributed by atoms with Gasteiger partial charge in [0.25, 0.3) is 0 Å². The summed E-state index contributed by atoms with van der Waals surface area (Å²) >= 11 is 0. The van der Waals surface area contributed by atoms with Crippen molar-refractivity contribution in [1.29, 1.82) is 0 Å². The number of hydrogen-bond acceptors (Lipinski definition) is 6. The van der Waals surface area contributed by atoms with Crippen molar-refractivity contribution >= 4 is 17.9 Å². The largest absolute Gasteiger partial charge is 0.462 e. The van der Waals surface area contributed by atoms with E-state index < -0.39 is 6.10 Å². The first kappa shape index (κ1) is 75.3. The molecule has 0 N–H and O–H groups in total. The van der Waals surface area contributed by atoms with Gasteiger partial charge in [-0.3, -0.25) is 14.4 Å². The first-order chi connectivity index (χ1) is 39.0. The Morgan fingerprint density at radius 2 is 0.506 bits per heavy atom. The molecule has 0 aromatic heterocycles. The Hall–Kier alpha value is -3.67. The molecule has 1 atom stereocenters. The van der Waals surface area contributed by atoms with E-state index in [0.29, 0.717) is 19.3 Å². The lowest BCUT2D eigenvalue weighted by Gasteiger charge is -2.18. The van der Waals surface area contributed by atoms with Gasteiger partial charge in [-0.1, -0.05) is 311 Å². The van der Waals surface area contributed by atoms with Gasteiger partial charge in [-0.2, -0.15) is 0 Å². The van der Waals surface area contributed by atoms with Gasteiger partial charge in [-0.15, -0.1) is 0 Å². The molecule has 0 aliphatic rings. The third-order valence-corrected chi connectivity index (χ3v) is 14.6. The summed E-state index contributed by atoms with van der Waals surface area (Å²) in [7, 11) is 0. The van der Waals surface area contributed by atoms with Crippen LogP contribution in [-0.4, -0.2) is 37.2 Å². The minimum Gasteiger partial charge on any atom is -0.462 e. The summed E-state index contributed by atoms with van der Waals surface area (Å²) in [6, 6.07) is 0. The van der Waals surface area contributed by atoms with Gasteiger partial charge < -0.3 is 14.2 Å². The number of hydrogen-bond donors (Lipinski definition) is 0. The van der Waals surface area contributed by atoms with Crippen molar-refractivity contribution in [2.24, 2.45) is 0 Å². The molecule has 0 radical (unpaired) electrons. The monoisotopic (exact) mass is 1100 g/mol. The highest BCUT2D eigenvalue weighted by atomic mass is 16.6. The molecule has 0 amide bonds. The predicted octanol–water partition coefficient (Wildman–Crippen LogP) is 23.2. The Balaban J connectivity index is 4.45. The van der Waals surface area contributed by atoms with E-state index in [9.17, 15) is 14.4 Å². The van der Waals surface area contributed by atoms with Crippen LogP contribution in [-0.2, 0) is 28.6 Å². The topological polar surface area (TPSA) is 78.9 Å². The van der Waals surface area contributed by atoms with Crippen molar-refractivity contribution in [2.45, 2.75) is 335 Å². The van der Waals surface area contributed by atoms with Gasteiger partial charge >= 0.3 is 17.9 Å². The zero-order chi connectivity index (χ0) is 57.1. The van der Waals surface area contributed by atoms with Crippen LogP contribution in [0.2, 0.25) is 0 Å². The second-order valence-corrected chi connectivity index (χ2v) is 22.4. The fraction of sp³-hybridized carbons (Fsp3) is 0.740. The van der Waals surface area contributed by atoms with Crippen LogP contribution in [0.4, 0.5) is 0 Å². The molecule has 0 aromatic rings. The molecule has 79 heavy (non-hydrogen) atoms. The second kappa shape index (κ2) is 66.8. The van der Waals surface area contributed by atoms with E-state index in [0.717, 1.165) is 96.3 Å². The maximum Gasteiger partial charge on any atom is 0.306 e. The number of esters is 3. The molecule has 0 fully saturated rings. The van der Waals surface area contributed by atoms with E-state index >= 15 is 0 Å². The van der Waals surface area contributed by atoms with Gasteiger partial charge in [0.2, 0.25) is 0 Å². The van der Waals surface area contributed by atoms with Crippen molar-refractivity contribution < 1.29 is 28.6 Å². The number of carbonyl (C=O) groups is 3. The Morgan fingerprint density at radius 1 is 0.266 bits per heavy atom. The Bertz CT molecular complexity index is 1540. The number of allylic oxidation sites excluding steroid dienone is 16. The smallest absolute Gasteiger partial charge is 0.306 e. The maximum absolute atomic E-state index is 12.9. The average molecular weight is 1100 g/mol. The highest BCUT2D eigenvalue weighted by Crippen LogP contribution is 2.17. The van der Waals surface area contributed by atoms with E-state index in [1.165, 1.54) is 186 Å². The van der Waals surface area contributed by atoms with E-state index in [1.807, 2.05) is 0 Å². The molecule has 0 rings (SSSR count). The summed E-state index contributed by atoms with van der Waals surface area (Å²) in [4.78, 5) is 38.4. The minimum absolute atomic E-state index is 0.0975. The lowest BCUT2D eigenvalue weighted by Crippen LogP contribution is -2.30. The van der Waals surface area contributed by atoms with Crippen LogP contribution in [0.5, 0.6) is 0 Å². The van der Waals surface area contributed by atoms with Crippen molar-refractivity contribution in [2.75, 3.05) is 13.2 Å². The molecule has 1 unspecified atom stereocenters. The van der Waals surface area contributed by atoms with Crippen molar-refractivity contribution in [1.82, 2.24) is 0 Å². The van der Waals surface area contributed by atoms with Crippen LogP contribution in [0.3, 0.4) is 0 Å². The third-order valence-electron chi connectivity index (χ3n) is 14.6. The molecule has 454 valence electrons. The molecule has 0 aromatic carbocycles. The van der Waals surface area contributed by atoms with E-state index in [1.54, 1.807) is 0 Å². The van der Waals surface area contributed by atoms with Gasteiger partial charge in [-0.05, 0) is 96.3 Å². The van der Waals surface area contributed by atoms with Crippen LogP contribution < -0.4 is 0 Å². The molecule has 0 saturated carbocycles. The molecule has 6 heteroatoms. The van der Waals surface area contributed by atoms with Gasteiger partial charge in [0, 0.05) is 19.3 Å². The summed E-state index contributed by atoms with van der Waals surface area (Å²) in [6.07, 6.45) is 90.0. The first-order valence-corrected chi connectivity index (χ1v) is 33.7. The second-order valence-electron chi connectivity index (χ2n) is 22.4. The zero-order valence-electron chi connectivity index (χ0n) is 52.1. The van der Waals surface area contributed by atoms with Crippen LogP contribution in [0.15, 0.2) is 97.2 Å². The fourth-order valence-electron chi connectivity index (χ4n) is 9.55. The van der Waals surface area contributed by atoms with Gasteiger partial charge in [0.1, 0.15) is 13.2 Å². The third kappa shape index (κ3) is 65.0. The van der Waals surface area contributed by atoms with Crippen LogP contribution in [0.1, 0.15) is 329 Å². The number of ether oxygens (including phenoxy) is 3. The summed E-state index contributed by atoms with van der Waals surface area (Å²) in [5, 5.41) is 0. The highest BCUT2D eigenvalue weighted by molar-refractivity contribution is 5.71. The molecule has 0 heterocycles. The molecule has 0 saturated heterocycles. The molecular formula is C73H126O6. The Labute approximate surface area is 489 Å². The first-order valence-electron chi connectivity index (χ1n) is 33.7. The summed E-state index contributed by atoms with van der Waals surface area (Å²) < 4.78 is 16.9. The van der Waals surface area contributed by atoms with E-state index in [-0.39, 0.29) is 37.5 Å². The zero-order valence-corrected chi connectivity index (χ0v) is 52.1. The minimum atomic E-state index is -0.805. The molecule has 0 spiro atoms. The molecular weight excluding hydrogens is 973 g/mol. The number of unbranched alkanes of at least 4 members (excludes halogenated alkanes) is 34. The van der Waals surface area contributed by atoms with E-state index in [4.69, 9.17) is 14.2 Å². The lowest BCUT2D eigenvalue weighted by atomic mass is 10.0. The van der Waals surface area contributed by atoms with Crippen LogP contribution >= 0.6 is 0 Å². The van der Waals surface area contributed by atoms with Crippen LogP contribution in [0.25, 0.3) is 0 Å². The van der Waals surface area contributed by atoms with Crippen molar-refractivity contribution in [3.63, 3.8) is 0 Å². The molecule has 6 nitrogen and oxygen atoms in total. The normalized spacial score (nSPS) is 12.7. The summed E-state index contributed by atoms with van der Waals surface area (Å²) in [5.41, 5.74) is 0. The van der Waals surface area contributed by atoms with Gasteiger partial charge in [-0.25, -0.2) is 0 Å². The standard InChI is InChI=1S/C73H126O6/c1-4-7-10-13-16-19-22-25-28-31-33-35-37-39-40-42-45-48-51-54-57-60-63-66-72(75)78-69-70(68-77-71(74)65-62-59-56-53-50-47-44-30-27-24-21-18-15-12-9-6-3)79-73(76)67-64-61-58-55-52-49-46-43-41-38-36-34-32-29-26-23-20-17-14-11-8-5-2/h7,10,16,19,25,28,30,33,35,39-40,44-45,48,54,57,70H,4-6,8-9,11-15,17-18,20-24,26-27,29,31-32,34,36-38,41-43,46-47,49-53,55-56,58-69H2,1-3H3/b10-7-,19-16-,28-25-,35-33-,40-39-,44-30-,48-45-,57-54-. The van der Waals surface area contributed by atoms with Gasteiger partial charge in [0.05, 0.1) is 0 Å². The average Bonchev–Trinajstić information content (AvgIpc) is 3.45. The number of rotatable bonds is 61. The SMILES string of the molecule is CC/C=C\C/C=C\C/C=C\C/C=C\C/C=C\C/C=C\C/C=C\CCCC(=O)OCC(COC(=O)CCCCCCC/C=C\CCCCCCCCC)OC(=O)CCCCCCCCCCCCCCCCCCCCCCCC. The molecule has 0 bridgehead atoms. The van der Waals surface area contributed by atoms with Crippen molar-refractivity contribution in [3.05, 3.63) is 97.2 Å². The fourth-order valence-corrected chi connectivity index (χ4v) is 9.55. The van der Waals surface area contributed by atoms with Gasteiger partial charge in [0.15, 0.2) is 6.10 Å². The summed E-state index contributed by atoms with van der Waals surface area (Å²) in [5.74, 6) is -0.952. The van der Waals surface area contributed by atoms with E-state index in [2.05, 4.69) is 118 Å². The number of carbonyl (C=O) groups excluding carboxylic acids is 3. The summed E-state index contributed by atoms with van der Waals surface area (Å²) in [6.45, 7) is 6.51. The highest BCUT2D eigenvalue weighted by Gasteiger charge is 2.19. The molecule has 0 aliphatic carbocycles. The van der Waals surface area contributed by atoms with Crippen LogP contribution in [0, 0.1) is 0 Å². The Morgan fingerprint density at radius 3 is 0.835 bits per heavy atom. The quantitative estimate of drug-likeness (QED) is 0.0261. The van der Waals surface area contributed by atoms with Crippen molar-refractivity contribution in [3.8, 4) is 0 Å². The Kier molecular flexibility index (Phi) is 63.7. The predicted molar refractivity (Wildman–Crippen MR) is 344 cm³/mol. The lowest BCUT2D eigenvalue weighted by molar-refractivity contribution is -0.167. The molecule has 0 aliphatic heterocycles. The maximum atomic E-state index is 12.9.